The Morgan fingerprint density at radius 3 is 2.69 bits per heavy atom. The molecule has 4 atom stereocenters. The minimum absolute atomic E-state index is 0.0907. The Morgan fingerprint density at radius 1 is 1.31 bits per heavy atom. The quantitative estimate of drug-likeness (QED) is 0.506. The van der Waals surface area contributed by atoms with Crippen LogP contribution in [0.1, 0.15) is 40.0 Å². The average molecular weight is 224 g/mol. The van der Waals surface area contributed by atoms with Gasteiger partial charge in [0.15, 0.2) is 0 Å². The van der Waals surface area contributed by atoms with Crippen molar-refractivity contribution in [2.24, 2.45) is 10.8 Å². The maximum absolute atomic E-state index is 10.2. The van der Waals surface area contributed by atoms with E-state index in [0.29, 0.717) is 0 Å². The molecule has 1 saturated carbocycles. The van der Waals surface area contributed by atoms with Crippen LogP contribution in [-0.2, 0) is 9.78 Å². The predicted molar refractivity (Wildman–Crippen MR) is 59.6 cm³/mol. The molecular weight excluding hydrogens is 204 g/mol. The predicted octanol–water partition coefficient (Wildman–Crippen LogP) is 2.20. The van der Waals surface area contributed by atoms with Crippen molar-refractivity contribution in [3.63, 3.8) is 0 Å². The van der Waals surface area contributed by atoms with Crippen LogP contribution in [-0.4, -0.2) is 22.9 Å². The SMILES string of the molecule is CC1(C)[C@H](O)CC[C@@]2(C)C[C@@H]3C=C[C@]12OO3. The normalized spacial score (nSPS) is 53.8. The van der Waals surface area contributed by atoms with Crippen molar-refractivity contribution >= 4 is 0 Å². The minimum atomic E-state index is -0.466. The van der Waals surface area contributed by atoms with E-state index in [-0.39, 0.29) is 23.0 Å². The van der Waals surface area contributed by atoms with E-state index in [1.54, 1.807) is 0 Å². The number of aliphatic hydroxyl groups is 1. The van der Waals surface area contributed by atoms with Gasteiger partial charge in [-0.15, -0.1) is 0 Å². The summed E-state index contributed by atoms with van der Waals surface area (Å²) in [6.45, 7) is 6.42. The van der Waals surface area contributed by atoms with Crippen LogP contribution in [0.2, 0.25) is 0 Å². The molecule has 1 spiro atoms. The molecule has 2 heterocycles. The Hall–Kier alpha value is -0.380. The highest BCUT2D eigenvalue weighted by atomic mass is 17.2. The molecule has 2 bridgehead atoms. The lowest BCUT2D eigenvalue weighted by Crippen LogP contribution is -2.68. The minimum Gasteiger partial charge on any atom is -0.392 e. The smallest absolute Gasteiger partial charge is 0.135 e. The molecular formula is C13H20O3. The van der Waals surface area contributed by atoms with Crippen molar-refractivity contribution in [2.45, 2.75) is 57.8 Å². The molecule has 2 fully saturated rings. The molecule has 4 aliphatic rings. The molecule has 1 saturated heterocycles. The Labute approximate surface area is 96.4 Å². The molecule has 4 rings (SSSR count). The van der Waals surface area contributed by atoms with Gasteiger partial charge in [0.2, 0.25) is 0 Å². The monoisotopic (exact) mass is 224 g/mol. The molecule has 0 radical (unpaired) electrons. The molecule has 2 aliphatic carbocycles. The standard InChI is InChI=1S/C13H20O3/c1-11(2)10(14)5-6-12(3)8-9-4-7-13(11,12)16-15-9/h4,7,9-10,14H,5-6,8H2,1-3H3/t9-,10+,12-,13-/m0/s1. The third-order valence-corrected chi connectivity index (χ3v) is 5.16. The van der Waals surface area contributed by atoms with Crippen molar-refractivity contribution in [3.05, 3.63) is 12.2 Å². The highest BCUT2D eigenvalue weighted by Gasteiger charge is 2.67. The Morgan fingerprint density at radius 2 is 2.06 bits per heavy atom. The van der Waals surface area contributed by atoms with Crippen LogP contribution in [0, 0.1) is 10.8 Å². The number of aliphatic hydroxyl groups excluding tert-OH is 1. The van der Waals surface area contributed by atoms with E-state index in [1.807, 2.05) is 0 Å². The van der Waals surface area contributed by atoms with E-state index in [2.05, 4.69) is 32.9 Å². The van der Waals surface area contributed by atoms with E-state index < -0.39 is 5.60 Å². The lowest BCUT2D eigenvalue weighted by molar-refractivity contribution is -0.459. The third-order valence-electron chi connectivity index (χ3n) is 5.16. The number of rotatable bonds is 0. The number of hydrogen-bond donors (Lipinski definition) is 1. The van der Waals surface area contributed by atoms with Crippen molar-refractivity contribution in [1.82, 2.24) is 0 Å². The molecule has 0 unspecified atom stereocenters. The zero-order chi connectivity index (χ0) is 11.6. The van der Waals surface area contributed by atoms with Gasteiger partial charge in [0.25, 0.3) is 0 Å². The molecule has 3 heteroatoms. The Balaban J connectivity index is 2.15. The molecule has 2 aliphatic heterocycles. The van der Waals surface area contributed by atoms with Gasteiger partial charge >= 0.3 is 0 Å². The molecule has 1 N–H and O–H groups in total. The highest BCUT2D eigenvalue weighted by molar-refractivity contribution is 5.27. The Bertz CT molecular complexity index is 349. The van der Waals surface area contributed by atoms with Crippen LogP contribution in [0.15, 0.2) is 12.2 Å². The van der Waals surface area contributed by atoms with Gasteiger partial charge in [0, 0.05) is 10.8 Å². The molecule has 0 aromatic heterocycles. The second-order valence-electron chi connectivity index (χ2n) is 6.35. The fourth-order valence-electron chi connectivity index (χ4n) is 3.89. The summed E-state index contributed by atoms with van der Waals surface area (Å²) in [6, 6.07) is 0. The summed E-state index contributed by atoms with van der Waals surface area (Å²) >= 11 is 0. The average Bonchev–Trinajstić information content (AvgIpc) is 2.25. The van der Waals surface area contributed by atoms with Crippen LogP contribution in [0.25, 0.3) is 0 Å². The van der Waals surface area contributed by atoms with Crippen molar-refractivity contribution in [2.75, 3.05) is 0 Å². The summed E-state index contributed by atoms with van der Waals surface area (Å²) in [6.07, 6.45) is 6.84. The maximum atomic E-state index is 10.2. The van der Waals surface area contributed by atoms with Gasteiger partial charge in [-0.05, 0) is 25.3 Å². The molecule has 0 amide bonds. The largest absolute Gasteiger partial charge is 0.392 e. The lowest BCUT2D eigenvalue weighted by Gasteiger charge is -2.63. The summed E-state index contributed by atoms with van der Waals surface area (Å²) in [5.74, 6) is 0. The summed E-state index contributed by atoms with van der Waals surface area (Å²) in [5, 5.41) is 10.2. The van der Waals surface area contributed by atoms with Gasteiger partial charge in [-0.1, -0.05) is 26.8 Å². The van der Waals surface area contributed by atoms with E-state index in [1.165, 1.54) is 0 Å². The molecule has 0 aromatic carbocycles. The first-order chi connectivity index (χ1) is 7.41. The van der Waals surface area contributed by atoms with E-state index >= 15 is 0 Å². The van der Waals surface area contributed by atoms with Crippen LogP contribution >= 0.6 is 0 Å². The summed E-state index contributed by atoms with van der Waals surface area (Å²) in [4.78, 5) is 11.1. The van der Waals surface area contributed by atoms with Gasteiger partial charge in [0.05, 0.1) is 6.10 Å². The molecule has 90 valence electrons. The number of hydrogen-bond acceptors (Lipinski definition) is 3. The van der Waals surface area contributed by atoms with Gasteiger partial charge in [-0.2, -0.15) is 0 Å². The first-order valence-corrected chi connectivity index (χ1v) is 6.13. The van der Waals surface area contributed by atoms with E-state index in [4.69, 9.17) is 9.78 Å². The highest BCUT2D eigenvalue weighted by Crippen LogP contribution is 2.62. The number of fused-ring (bicyclic) bond motifs is 1. The molecule has 3 nitrogen and oxygen atoms in total. The topological polar surface area (TPSA) is 38.7 Å². The van der Waals surface area contributed by atoms with Crippen molar-refractivity contribution in [3.8, 4) is 0 Å². The summed E-state index contributed by atoms with van der Waals surface area (Å²) < 4.78 is 0. The van der Waals surface area contributed by atoms with Crippen LogP contribution in [0.4, 0.5) is 0 Å². The fourth-order valence-corrected chi connectivity index (χ4v) is 3.89. The van der Waals surface area contributed by atoms with Gasteiger partial charge < -0.3 is 5.11 Å². The van der Waals surface area contributed by atoms with Crippen LogP contribution < -0.4 is 0 Å². The fraction of sp³-hybridized carbons (Fsp3) is 0.846. The molecule has 16 heavy (non-hydrogen) atoms. The van der Waals surface area contributed by atoms with Gasteiger partial charge in [-0.25, -0.2) is 9.78 Å². The lowest BCUT2D eigenvalue weighted by atomic mass is 9.49. The van der Waals surface area contributed by atoms with E-state index in [9.17, 15) is 5.11 Å². The third kappa shape index (κ3) is 0.998. The van der Waals surface area contributed by atoms with E-state index in [0.717, 1.165) is 19.3 Å². The Kier molecular flexibility index (Phi) is 1.94. The second-order valence-corrected chi connectivity index (χ2v) is 6.35. The maximum Gasteiger partial charge on any atom is 0.135 e. The van der Waals surface area contributed by atoms with Gasteiger partial charge in [0.1, 0.15) is 11.7 Å². The van der Waals surface area contributed by atoms with Crippen molar-refractivity contribution < 1.29 is 14.9 Å². The first kappa shape index (κ1) is 10.8. The second kappa shape index (κ2) is 2.89. The van der Waals surface area contributed by atoms with Crippen molar-refractivity contribution in [1.29, 1.82) is 0 Å². The van der Waals surface area contributed by atoms with Crippen LogP contribution in [0.3, 0.4) is 0 Å². The summed E-state index contributed by atoms with van der Waals surface area (Å²) in [7, 11) is 0. The zero-order valence-corrected chi connectivity index (χ0v) is 10.2. The van der Waals surface area contributed by atoms with Gasteiger partial charge in [-0.3, -0.25) is 0 Å². The first-order valence-electron chi connectivity index (χ1n) is 6.13. The zero-order valence-electron chi connectivity index (χ0n) is 10.2. The summed E-state index contributed by atoms with van der Waals surface area (Å²) in [5.41, 5.74) is -0.679. The molecule has 0 aromatic rings. The van der Waals surface area contributed by atoms with Crippen LogP contribution in [0.5, 0.6) is 0 Å².